The van der Waals surface area contributed by atoms with Gasteiger partial charge in [-0.15, -0.1) is 0 Å². The van der Waals surface area contributed by atoms with Gasteiger partial charge in [-0.05, 0) is 24.3 Å². The lowest BCUT2D eigenvalue weighted by Crippen LogP contribution is -2.55. The van der Waals surface area contributed by atoms with E-state index >= 15 is 0 Å². The lowest BCUT2D eigenvalue weighted by Gasteiger charge is -2.41. The van der Waals surface area contributed by atoms with Crippen LogP contribution in [0.3, 0.4) is 0 Å². The van der Waals surface area contributed by atoms with Gasteiger partial charge in [0.05, 0.1) is 24.3 Å². The summed E-state index contributed by atoms with van der Waals surface area (Å²) in [6.07, 6.45) is -15.7. The van der Waals surface area contributed by atoms with Crippen molar-refractivity contribution < 1.29 is 65.0 Å². The van der Waals surface area contributed by atoms with Gasteiger partial charge in [-0.1, -0.05) is 0 Å². The SMILES string of the molecule is O=c1cc(-c2ccc(O)cc2)oc2c([C@H]3O[C@@H](CO)[C@@H](O)[C@@H](O)[C@@H]3O)c(O)c([C@H]3OC[C@@H](O)[C@@H](O)[C@@H]3O)c(O)c12. The van der Waals surface area contributed by atoms with Crippen LogP contribution in [0.5, 0.6) is 17.2 Å². The van der Waals surface area contributed by atoms with Crippen molar-refractivity contribution in [1.82, 2.24) is 0 Å². The first-order chi connectivity index (χ1) is 19.0. The quantitative estimate of drug-likeness (QED) is 0.169. The molecule has 0 spiro atoms. The van der Waals surface area contributed by atoms with Crippen molar-refractivity contribution in [2.45, 2.75) is 54.9 Å². The molecule has 2 aliphatic rings. The third kappa shape index (κ3) is 4.49. The number of fused-ring (bicyclic) bond motifs is 1. The van der Waals surface area contributed by atoms with Crippen LogP contribution in [0.25, 0.3) is 22.3 Å². The summed E-state index contributed by atoms with van der Waals surface area (Å²) in [6, 6.07) is 6.47. The molecule has 0 unspecified atom stereocenters. The van der Waals surface area contributed by atoms with E-state index in [-0.39, 0.29) is 11.5 Å². The molecule has 3 aromatic rings. The first-order valence-corrected chi connectivity index (χ1v) is 12.3. The summed E-state index contributed by atoms with van der Waals surface area (Å²) in [5.41, 5.74) is -2.19. The zero-order valence-corrected chi connectivity index (χ0v) is 20.6. The third-order valence-corrected chi connectivity index (χ3v) is 7.31. The largest absolute Gasteiger partial charge is 0.508 e. The van der Waals surface area contributed by atoms with Crippen molar-refractivity contribution in [3.63, 3.8) is 0 Å². The van der Waals surface area contributed by atoms with Gasteiger partial charge in [0, 0.05) is 11.6 Å². The maximum Gasteiger partial charge on any atom is 0.197 e. The molecule has 0 radical (unpaired) electrons. The smallest absolute Gasteiger partial charge is 0.197 e. The molecule has 5 rings (SSSR count). The minimum Gasteiger partial charge on any atom is -0.508 e. The molecular weight excluding hydrogens is 536 g/mol. The number of phenols is 3. The average Bonchev–Trinajstić information content (AvgIpc) is 2.92. The Morgan fingerprint density at radius 3 is 2.08 bits per heavy atom. The van der Waals surface area contributed by atoms with E-state index in [9.17, 15) is 55.9 Å². The van der Waals surface area contributed by atoms with Crippen molar-refractivity contribution in [3.05, 3.63) is 51.7 Å². The van der Waals surface area contributed by atoms with E-state index in [2.05, 4.69) is 0 Å². The first-order valence-electron chi connectivity index (χ1n) is 12.3. The Kier molecular flexibility index (Phi) is 7.47. The Morgan fingerprint density at radius 1 is 0.775 bits per heavy atom. The molecule has 9 atom stereocenters. The Labute approximate surface area is 224 Å². The van der Waals surface area contributed by atoms with Gasteiger partial charge < -0.3 is 65.0 Å². The van der Waals surface area contributed by atoms with Crippen molar-refractivity contribution in [2.75, 3.05) is 13.2 Å². The number of benzene rings is 2. The maximum atomic E-state index is 13.4. The Balaban J connectivity index is 1.81. The van der Waals surface area contributed by atoms with Crippen molar-refractivity contribution in [1.29, 1.82) is 0 Å². The summed E-state index contributed by atoms with van der Waals surface area (Å²) < 4.78 is 16.9. The fraction of sp³-hybridized carbons (Fsp3) is 0.423. The van der Waals surface area contributed by atoms with Crippen LogP contribution < -0.4 is 5.43 Å². The van der Waals surface area contributed by atoms with E-state index in [1.165, 1.54) is 24.3 Å². The first kappa shape index (κ1) is 28.2. The minimum absolute atomic E-state index is 0.0767. The molecule has 0 bridgehead atoms. The second-order valence-corrected chi connectivity index (χ2v) is 9.80. The number of aromatic hydroxyl groups is 3. The van der Waals surface area contributed by atoms with Gasteiger partial charge in [0.1, 0.15) is 83.3 Å². The van der Waals surface area contributed by atoms with Gasteiger partial charge in [0.2, 0.25) is 0 Å². The lowest BCUT2D eigenvalue weighted by molar-refractivity contribution is -0.231. The predicted molar refractivity (Wildman–Crippen MR) is 132 cm³/mol. The number of hydrogen-bond acceptors (Lipinski definition) is 14. The molecule has 2 fully saturated rings. The van der Waals surface area contributed by atoms with E-state index in [1.54, 1.807) is 0 Å². The normalized spacial score (nSPS) is 32.8. The van der Waals surface area contributed by atoms with Gasteiger partial charge in [-0.2, -0.15) is 0 Å². The zero-order chi connectivity index (χ0) is 29.0. The summed E-state index contributed by atoms with van der Waals surface area (Å²) >= 11 is 0. The van der Waals surface area contributed by atoms with Crippen molar-refractivity contribution >= 4 is 11.0 Å². The second-order valence-electron chi connectivity index (χ2n) is 9.80. The van der Waals surface area contributed by atoms with Gasteiger partial charge in [-0.25, -0.2) is 0 Å². The van der Waals surface area contributed by atoms with Crippen LogP contribution in [0.4, 0.5) is 0 Å². The summed E-state index contributed by atoms with van der Waals surface area (Å²) in [6.45, 7) is -1.34. The van der Waals surface area contributed by atoms with E-state index in [4.69, 9.17) is 13.9 Å². The summed E-state index contributed by atoms with van der Waals surface area (Å²) in [7, 11) is 0. The highest BCUT2D eigenvalue weighted by Crippen LogP contribution is 2.50. The van der Waals surface area contributed by atoms with Gasteiger partial charge in [0.25, 0.3) is 0 Å². The fourth-order valence-electron chi connectivity index (χ4n) is 5.11. The molecule has 14 nitrogen and oxygen atoms in total. The molecule has 2 saturated heterocycles. The molecular formula is C26H28O14. The summed E-state index contributed by atoms with van der Waals surface area (Å²) in [4.78, 5) is 13.4. The topological polar surface area (TPSA) is 251 Å². The van der Waals surface area contributed by atoms with Gasteiger partial charge in [-0.3, -0.25) is 4.79 Å². The van der Waals surface area contributed by atoms with Crippen LogP contribution in [-0.2, 0) is 9.47 Å². The minimum atomic E-state index is -1.96. The average molecular weight is 564 g/mol. The van der Waals surface area contributed by atoms with Crippen LogP contribution in [0, 0.1) is 0 Å². The Hall–Kier alpha value is -3.31. The predicted octanol–water partition coefficient (Wildman–Crippen LogP) is -1.75. The van der Waals surface area contributed by atoms with E-state index in [0.717, 1.165) is 6.07 Å². The van der Waals surface area contributed by atoms with E-state index in [0.29, 0.717) is 5.56 Å². The standard InChI is InChI=1S/C26H28O14/c27-6-13-18(32)21(35)23(37)26(40-13)16-20(34)15(25-22(36)17(31)11(30)7-38-25)19(33)14-10(29)5-12(39-24(14)16)8-1-3-9(28)4-2-8/h1-5,11,13,17-18,21-23,25-28,30-37H,6-7H2/t11-,13+,17-,18-,21-,22+,23+,25-,26-/m1/s1. The van der Waals surface area contributed by atoms with Crippen LogP contribution >= 0.6 is 0 Å². The highest BCUT2D eigenvalue weighted by molar-refractivity contribution is 5.92. The fourth-order valence-corrected chi connectivity index (χ4v) is 5.11. The number of phenolic OH excluding ortho intramolecular Hbond substituents is 3. The van der Waals surface area contributed by atoms with E-state index < -0.39 is 107 Å². The van der Waals surface area contributed by atoms with E-state index in [1.807, 2.05) is 0 Å². The van der Waals surface area contributed by atoms with Crippen LogP contribution in [0.1, 0.15) is 23.3 Å². The van der Waals surface area contributed by atoms with Crippen LogP contribution in [-0.4, -0.2) is 107 Å². The number of rotatable bonds is 4. The lowest BCUT2D eigenvalue weighted by atomic mass is 9.85. The summed E-state index contributed by atoms with van der Waals surface area (Å²) in [5.74, 6) is -2.00. The third-order valence-electron chi connectivity index (χ3n) is 7.31. The van der Waals surface area contributed by atoms with Crippen LogP contribution in [0.15, 0.2) is 39.5 Å². The zero-order valence-electron chi connectivity index (χ0n) is 20.6. The second kappa shape index (κ2) is 10.6. The van der Waals surface area contributed by atoms with Crippen LogP contribution in [0.2, 0.25) is 0 Å². The molecule has 14 heteroatoms. The molecule has 2 aliphatic heterocycles. The molecule has 0 saturated carbocycles. The number of ether oxygens (including phenoxy) is 2. The molecule has 216 valence electrons. The molecule has 0 amide bonds. The maximum absolute atomic E-state index is 13.4. The monoisotopic (exact) mass is 564 g/mol. The molecule has 40 heavy (non-hydrogen) atoms. The van der Waals surface area contributed by atoms with Crippen molar-refractivity contribution in [2.24, 2.45) is 0 Å². The number of aliphatic hydroxyl groups excluding tert-OH is 7. The summed E-state index contributed by atoms with van der Waals surface area (Å²) in [5, 5.41) is 104. The Bertz CT molecular complexity index is 1450. The number of hydrogen-bond donors (Lipinski definition) is 10. The van der Waals surface area contributed by atoms with Crippen molar-refractivity contribution in [3.8, 4) is 28.6 Å². The molecule has 2 aromatic carbocycles. The Morgan fingerprint density at radius 2 is 1.43 bits per heavy atom. The molecule has 1 aromatic heterocycles. The number of aliphatic hydroxyl groups is 7. The highest BCUT2D eigenvalue weighted by atomic mass is 16.5. The molecule has 10 N–H and O–H groups in total. The highest BCUT2D eigenvalue weighted by Gasteiger charge is 2.48. The molecule has 0 aliphatic carbocycles. The molecule has 3 heterocycles. The van der Waals surface area contributed by atoms with Gasteiger partial charge in [0.15, 0.2) is 11.0 Å². The van der Waals surface area contributed by atoms with Gasteiger partial charge >= 0.3 is 0 Å².